The number of hydrogen-bond acceptors (Lipinski definition) is 9. The Morgan fingerprint density at radius 3 is 2.47 bits per heavy atom. The van der Waals surface area contributed by atoms with Gasteiger partial charge in [-0.25, -0.2) is 18.2 Å². The summed E-state index contributed by atoms with van der Waals surface area (Å²) in [6.45, 7) is 2.33. The van der Waals surface area contributed by atoms with Gasteiger partial charge in [0.15, 0.2) is 9.84 Å². The van der Waals surface area contributed by atoms with Gasteiger partial charge in [0.25, 0.3) is 0 Å². The van der Waals surface area contributed by atoms with Crippen LogP contribution in [0.25, 0.3) is 10.9 Å². The number of rotatable bonds is 13. The van der Waals surface area contributed by atoms with Crippen LogP contribution >= 0.6 is 0 Å². The van der Waals surface area contributed by atoms with Gasteiger partial charge in [0.05, 0.1) is 11.7 Å². The van der Waals surface area contributed by atoms with Crippen LogP contribution in [-0.4, -0.2) is 64.5 Å². The van der Waals surface area contributed by atoms with Crippen LogP contribution in [0.2, 0.25) is 0 Å². The maximum absolute atomic E-state index is 12.5. The zero-order chi connectivity index (χ0) is 32.9. The third-order valence-corrected chi connectivity index (χ3v) is 8.36. The molecule has 45 heavy (non-hydrogen) atoms. The number of pyridine rings is 1. The van der Waals surface area contributed by atoms with Crippen LogP contribution in [-0.2, 0) is 22.8 Å². The van der Waals surface area contributed by atoms with Crippen molar-refractivity contribution in [2.75, 3.05) is 29.2 Å². The summed E-state index contributed by atoms with van der Waals surface area (Å²) in [6, 6.07) is 16.8. The van der Waals surface area contributed by atoms with Crippen LogP contribution in [0.3, 0.4) is 0 Å². The first-order valence-electron chi connectivity index (χ1n) is 13.7. The van der Waals surface area contributed by atoms with Gasteiger partial charge in [-0.05, 0) is 60.9 Å². The summed E-state index contributed by atoms with van der Waals surface area (Å²) in [4.78, 5) is 16.0. The van der Waals surface area contributed by atoms with Crippen LogP contribution in [0.15, 0.2) is 60.8 Å². The lowest BCUT2D eigenvalue weighted by Crippen LogP contribution is -2.32. The van der Waals surface area contributed by atoms with Crippen molar-refractivity contribution in [3.05, 3.63) is 88.7 Å². The number of nitriles is 1. The van der Waals surface area contributed by atoms with Crippen molar-refractivity contribution < 1.29 is 36.6 Å². The Bertz CT molecular complexity index is 1840. The van der Waals surface area contributed by atoms with Crippen molar-refractivity contribution in [1.29, 1.82) is 5.26 Å². The summed E-state index contributed by atoms with van der Waals surface area (Å²) < 4.78 is 62.4. The van der Waals surface area contributed by atoms with Gasteiger partial charge < -0.3 is 31.1 Å². The van der Waals surface area contributed by atoms with Gasteiger partial charge in [-0.1, -0.05) is 18.2 Å². The van der Waals surface area contributed by atoms with E-state index in [0.29, 0.717) is 34.1 Å². The molecule has 6 N–H and O–H groups in total. The second kappa shape index (κ2) is 13.6. The minimum Gasteiger partial charge on any atom is -0.477 e. The largest absolute Gasteiger partial charge is 0.477 e. The Kier molecular flexibility index (Phi) is 10.0. The van der Waals surface area contributed by atoms with Crippen LogP contribution in [0.4, 0.5) is 24.7 Å². The summed E-state index contributed by atoms with van der Waals surface area (Å²) in [5.74, 6) is -3.83. The molecule has 4 aromatic rings. The molecular weight excluding hydrogens is 613 g/mol. The highest BCUT2D eigenvalue weighted by Gasteiger charge is 2.34. The molecule has 0 aliphatic rings. The van der Waals surface area contributed by atoms with Crippen molar-refractivity contribution >= 4 is 38.2 Å². The predicted molar refractivity (Wildman–Crippen MR) is 162 cm³/mol. The molecule has 0 radical (unpaired) electrons. The molecule has 238 valence electrons. The number of nitrogens with two attached hydrogens (primary N) is 1. The molecule has 0 fully saturated rings. The molecule has 2 heterocycles. The maximum atomic E-state index is 12.5. The first kappa shape index (κ1) is 33.2. The Hall–Kier alpha value is -4.65. The third kappa shape index (κ3) is 8.94. The van der Waals surface area contributed by atoms with Gasteiger partial charge in [-0.15, -0.1) is 0 Å². The molecule has 11 nitrogen and oxygen atoms in total. The quantitative estimate of drug-likeness (QED) is 0.143. The number of hydrogen-bond donors (Lipinski definition) is 5. The number of aromatic nitrogens is 2. The van der Waals surface area contributed by atoms with Gasteiger partial charge in [0.1, 0.15) is 29.2 Å². The van der Waals surface area contributed by atoms with Gasteiger partial charge >= 0.3 is 12.1 Å². The Labute approximate surface area is 257 Å². The Morgan fingerprint density at radius 1 is 1.13 bits per heavy atom. The molecular formula is C30H31F3N6O5S. The van der Waals surface area contributed by atoms with E-state index in [2.05, 4.69) is 15.6 Å². The second-order valence-electron chi connectivity index (χ2n) is 10.7. The zero-order valence-corrected chi connectivity index (χ0v) is 24.9. The number of carbonyl (C=O) groups is 1. The Morgan fingerprint density at radius 2 is 1.82 bits per heavy atom. The van der Waals surface area contributed by atoms with E-state index in [1.165, 1.54) is 24.4 Å². The van der Waals surface area contributed by atoms with Crippen molar-refractivity contribution in [2.45, 2.75) is 38.2 Å². The SMILES string of the molecule is CC(Cc1ccc2c(c1)cc(C(=O)O)n2Cc1ccc(NCS(=O)(=O)CC(F)(F)F)cc1)NCC(O)c1cnc(N)c(C#N)c1. The molecule has 0 bridgehead atoms. The van der Waals surface area contributed by atoms with E-state index in [4.69, 9.17) is 11.0 Å². The van der Waals surface area contributed by atoms with E-state index in [0.717, 1.165) is 5.56 Å². The zero-order valence-electron chi connectivity index (χ0n) is 24.0. The number of sulfone groups is 1. The van der Waals surface area contributed by atoms with Crippen LogP contribution < -0.4 is 16.4 Å². The lowest BCUT2D eigenvalue weighted by Gasteiger charge is -2.18. The average molecular weight is 645 g/mol. The number of halogens is 3. The molecule has 4 rings (SSSR count). The number of nitrogens with zero attached hydrogens (tertiary/aromatic N) is 3. The molecule has 0 amide bonds. The highest BCUT2D eigenvalue weighted by molar-refractivity contribution is 7.91. The van der Waals surface area contributed by atoms with Crippen molar-refractivity contribution in [2.24, 2.45) is 0 Å². The molecule has 2 unspecified atom stereocenters. The highest BCUT2D eigenvalue weighted by atomic mass is 32.2. The van der Waals surface area contributed by atoms with E-state index < -0.39 is 39.7 Å². The van der Waals surface area contributed by atoms with E-state index in [1.807, 2.05) is 31.2 Å². The fourth-order valence-corrected chi connectivity index (χ4v) is 5.81. The Balaban J connectivity index is 1.41. The molecule has 0 aliphatic carbocycles. The topological polar surface area (TPSA) is 183 Å². The normalized spacial score (nSPS) is 13.3. The summed E-state index contributed by atoms with van der Waals surface area (Å²) in [5.41, 5.74) is 8.96. The number of aromatic carboxylic acids is 1. The third-order valence-electron chi connectivity index (χ3n) is 7.01. The molecule has 2 aromatic heterocycles. The van der Waals surface area contributed by atoms with Crippen LogP contribution in [0.5, 0.6) is 0 Å². The summed E-state index contributed by atoms with van der Waals surface area (Å²) in [7, 11) is -4.40. The van der Waals surface area contributed by atoms with Crippen LogP contribution in [0, 0.1) is 11.3 Å². The standard InChI is InChI=1S/C30H31F3N6O5S/c1-18(36-14-27(40)23-10-22(12-34)28(35)37-13-23)8-20-4-7-25-21(9-20)11-26(29(41)42)39(25)15-19-2-5-24(6-3-19)38-17-45(43,44)16-30(31,32)33/h2-7,9-11,13,18,27,36,38,40H,8,14-17H2,1H3,(H2,35,37)(H,41,42). The van der Waals surface area contributed by atoms with Crippen molar-refractivity contribution in [3.8, 4) is 6.07 Å². The molecule has 0 aliphatic heterocycles. The van der Waals surface area contributed by atoms with E-state index in [1.54, 1.807) is 22.8 Å². The van der Waals surface area contributed by atoms with Crippen molar-refractivity contribution in [3.63, 3.8) is 0 Å². The van der Waals surface area contributed by atoms with Gasteiger partial charge in [-0.3, -0.25) is 0 Å². The number of aliphatic hydroxyl groups excluding tert-OH is 1. The number of alkyl halides is 3. The number of anilines is 2. The smallest absolute Gasteiger partial charge is 0.402 e. The molecule has 0 spiro atoms. The average Bonchev–Trinajstić information content (AvgIpc) is 3.32. The summed E-state index contributed by atoms with van der Waals surface area (Å²) in [5, 5.41) is 36.0. The minimum absolute atomic E-state index is 0.0609. The molecule has 15 heteroatoms. The summed E-state index contributed by atoms with van der Waals surface area (Å²) in [6.07, 6.45) is -3.74. The van der Waals surface area contributed by atoms with E-state index in [9.17, 15) is 36.6 Å². The molecule has 0 saturated carbocycles. The highest BCUT2D eigenvalue weighted by Crippen LogP contribution is 2.25. The number of fused-ring (bicyclic) bond motifs is 1. The fraction of sp³-hybridized carbons (Fsp3) is 0.300. The number of aliphatic hydroxyl groups is 1. The monoisotopic (exact) mass is 644 g/mol. The predicted octanol–water partition coefficient (Wildman–Crippen LogP) is 3.84. The van der Waals surface area contributed by atoms with E-state index >= 15 is 0 Å². The number of nitrogens with one attached hydrogen (secondary N) is 2. The summed E-state index contributed by atoms with van der Waals surface area (Å²) >= 11 is 0. The van der Waals surface area contributed by atoms with Gasteiger partial charge in [-0.2, -0.15) is 18.4 Å². The number of nitrogen functional groups attached to an aromatic ring is 1. The number of benzene rings is 2. The van der Waals surface area contributed by atoms with Crippen LogP contribution in [0.1, 0.15) is 45.8 Å². The number of carboxylic acid groups (broad SMARTS) is 1. The van der Waals surface area contributed by atoms with E-state index in [-0.39, 0.29) is 36.2 Å². The first-order valence-corrected chi connectivity index (χ1v) is 15.5. The molecule has 2 atom stereocenters. The molecule has 2 aromatic carbocycles. The maximum Gasteiger partial charge on any atom is 0.402 e. The first-order chi connectivity index (χ1) is 21.1. The van der Waals surface area contributed by atoms with Gasteiger partial charge in [0, 0.05) is 47.5 Å². The van der Waals surface area contributed by atoms with Gasteiger partial charge in [0.2, 0.25) is 0 Å². The lowest BCUT2D eigenvalue weighted by molar-refractivity contribution is -0.106. The van der Waals surface area contributed by atoms with Crippen molar-refractivity contribution in [1.82, 2.24) is 14.9 Å². The molecule has 0 saturated heterocycles. The lowest BCUT2D eigenvalue weighted by atomic mass is 10.0. The minimum atomic E-state index is -4.83. The number of carboxylic acids is 1. The second-order valence-corrected chi connectivity index (χ2v) is 12.7. The fourth-order valence-electron chi connectivity index (χ4n) is 4.82.